The number of nitrogens with zero attached hydrogens (tertiary/aromatic N) is 2. The first-order chi connectivity index (χ1) is 7.32. The van der Waals surface area contributed by atoms with E-state index in [1.807, 2.05) is 0 Å². The number of hydrogen-bond donors (Lipinski definition) is 4. The molecule has 0 aliphatic carbocycles. The molecule has 0 aliphatic heterocycles. The Morgan fingerprint density at radius 3 is 2.69 bits per heavy atom. The molecular formula is C6H9IN3O5P. The minimum absolute atomic E-state index is 0.0661. The molecule has 90 valence electrons. The molecule has 1 rings (SSSR count). The van der Waals surface area contributed by atoms with Gasteiger partial charge in [-0.05, 0) is 0 Å². The number of aromatic amines is 1. The monoisotopic (exact) mass is 361 g/mol. The van der Waals surface area contributed by atoms with E-state index in [-0.39, 0.29) is 6.42 Å². The number of halogens is 1. The second-order valence-electron chi connectivity index (χ2n) is 2.94. The Balaban J connectivity index is 2.84. The maximum absolute atomic E-state index is 10.9. The molecule has 0 spiro atoms. The summed E-state index contributed by atoms with van der Waals surface area (Å²) in [5, 5.41) is 8.88. The summed E-state index contributed by atoms with van der Waals surface area (Å²) in [6.07, 6.45) is 2.70. The quantitative estimate of drug-likeness (QED) is 0.334. The van der Waals surface area contributed by atoms with E-state index < -0.39 is 19.8 Å². The molecular weight excluding hydrogens is 352 g/mol. The first-order valence-corrected chi connectivity index (χ1v) is 6.56. The van der Waals surface area contributed by atoms with Gasteiger partial charge in [0, 0.05) is 41.2 Å². The van der Waals surface area contributed by atoms with Gasteiger partial charge < -0.3 is 19.9 Å². The lowest BCUT2D eigenvalue weighted by Crippen LogP contribution is -2.34. The minimum atomic E-state index is -4.58. The van der Waals surface area contributed by atoms with Crippen molar-refractivity contribution in [3.05, 3.63) is 18.2 Å². The highest BCUT2D eigenvalue weighted by atomic mass is 127. The van der Waals surface area contributed by atoms with Crippen LogP contribution in [0.15, 0.2) is 12.5 Å². The SMILES string of the molecule is O=C(O)[C@H](Cc1cnc[nH]1)N(I)P(=O)(O)O. The van der Waals surface area contributed by atoms with E-state index in [2.05, 4.69) is 9.97 Å². The zero-order valence-corrected chi connectivity index (χ0v) is 10.9. The van der Waals surface area contributed by atoms with Crippen LogP contribution in [0.2, 0.25) is 0 Å². The third-order valence-corrected chi connectivity index (χ3v) is 4.89. The minimum Gasteiger partial charge on any atom is -0.480 e. The van der Waals surface area contributed by atoms with Crippen molar-refractivity contribution in [2.24, 2.45) is 0 Å². The van der Waals surface area contributed by atoms with Crippen LogP contribution in [0.1, 0.15) is 5.69 Å². The molecule has 0 aliphatic rings. The van der Waals surface area contributed by atoms with Gasteiger partial charge in [0.15, 0.2) is 0 Å². The highest BCUT2D eigenvalue weighted by molar-refractivity contribution is 14.1. The number of carbonyl (C=O) groups is 1. The van der Waals surface area contributed by atoms with Crippen LogP contribution >= 0.6 is 30.6 Å². The van der Waals surface area contributed by atoms with Gasteiger partial charge in [0.1, 0.15) is 6.04 Å². The van der Waals surface area contributed by atoms with Gasteiger partial charge in [0.25, 0.3) is 0 Å². The van der Waals surface area contributed by atoms with E-state index in [4.69, 9.17) is 14.9 Å². The number of H-pyrrole nitrogens is 1. The smallest absolute Gasteiger partial charge is 0.412 e. The molecule has 0 amide bonds. The summed E-state index contributed by atoms with van der Waals surface area (Å²) in [5.74, 6) is -1.31. The second-order valence-corrected chi connectivity index (χ2v) is 6.20. The van der Waals surface area contributed by atoms with Crippen molar-refractivity contribution in [3.8, 4) is 0 Å². The summed E-state index contributed by atoms with van der Waals surface area (Å²) in [4.78, 5) is 35.0. The van der Waals surface area contributed by atoms with E-state index in [9.17, 15) is 9.36 Å². The van der Waals surface area contributed by atoms with Gasteiger partial charge in [0.05, 0.1) is 6.33 Å². The number of aliphatic carboxylic acids is 1. The summed E-state index contributed by atoms with van der Waals surface area (Å²) in [6.45, 7) is 0. The third kappa shape index (κ3) is 3.52. The van der Waals surface area contributed by atoms with Crippen molar-refractivity contribution in [2.45, 2.75) is 12.5 Å². The first kappa shape index (κ1) is 13.6. The molecule has 4 N–H and O–H groups in total. The largest absolute Gasteiger partial charge is 0.480 e. The van der Waals surface area contributed by atoms with E-state index in [1.54, 1.807) is 0 Å². The third-order valence-electron chi connectivity index (χ3n) is 1.76. The van der Waals surface area contributed by atoms with Gasteiger partial charge in [-0.15, -0.1) is 2.88 Å². The Hall–Kier alpha value is -0.480. The Labute approximate surface area is 104 Å². The van der Waals surface area contributed by atoms with Crippen molar-refractivity contribution in [2.75, 3.05) is 0 Å². The van der Waals surface area contributed by atoms with Crippen LogP contribution in [0.5, 0.6) is 0 Å². The van der Waals surface area contributed by atoms with Crippen LogP contribution in [-0.4, -0.2) is 39.8 Å². The summed E-state index contributed by atoms with van der Waals surface area (Å²) < 4.78 is 11.4. The number of rotatable bonds is 5. The number of carboxylic acids is 1. The molecule has 0 radical (unpaired) electrons. The number of imidazole rings is 1. The molecule has 1 aromatic heterocycles. The predicted molar refractivity (Wildman–Crippen MR) is 61.6 cm³/mol. The van der Waals surface area contributed by atoms with E-state index in [0.29, 0.717) is 8.58 Å². The number of hydrogen-bond acceptors (Lipinski definition) is 3. The van der Waals surface area contributed by atoms with Gasteiger partial charge in [-0.3, -0.25) is 4.79 Å². The fraction of sp³-hybridized carbons (Fsp3) is 0.333. The molecule has 1 heterocycles. The Bertz CT molecular complexity index is 404. The number of nitrogens with one attached hydrogen (secondary N) is 1. The summed E-state index contributed by atoms with van der Waals surface area (Å²) in [7, 11) is -4.58. The molecule has 0 fully saturated rings. The second kappa shape index (κ2) is 5.23. The van der Waals surface area contributed by atoms with E-state index >= 15 is 0 Å². The van der Waals surface area contributed by atoms with Gasteiger partial charge in [-0.1, -0.05) is 0 Å². The average Bonchev–Trinajstić information content (AvgIpc) is 2.63. The standard InChI is InChI=1S/C6H9IN3O5P/c7-10(16(13,14)15)5(6(11)12)1-4-2-8-3-9-4/h2-3,5H,1H2,(H,8,9)(H,11,12)(H2,13,14,15)/t5-/m0/s1. The van der Waals surface area contributed by atoms with Crippen molar-refractivity contribution in [3.63, 3.8) is 0 Å². The fourth-order valence-corrected chi connectivity index (χ4v) is 2.02. The van der Waals surface area contributed by atoms with Crippen LogP contribution in [0, 0.1) is 0 Å². The van der Waals surface area contributed by atoms with Crippen LogP contribution < -0.4 is 0 Å². The van der Waals surface area contributed by atoms with Crippen molar-refractivity contribution >= 4 is 36.6 Å². The van der Waals surface area contributed by atoms with Gasteiger partial charge in [-0.2, -0.15) is 0 Å². The van der Waals surface area contributed by atoms with Crippen LogP contribution in [-0.2, 0) is 15.8 Å². The molecule has 1 aromatic rings. The van der Waals surface area contributed by atoms with E-state index in [0.717, 1.165) is 0 Å². The average molecular weight is 361 g/mol. The predicted octanol–water partition coefficient (Wildman–Crippen LogP) is 0.150. The van der Waals surface area contributed by atoms with Crippen LogP contribution in [0.25, 0.3) is 0 Å². The molecule has 0 bridgehead atoms. The lowest BCUT2D eigenvalue weighted by molar-refractivity contribution is -0.140. The molecule has 0 aromatic carbocycles. The summed E-state index contributed by atoms with van der Waals surface area (Å²) in [5.41, 5.74) is 0.488. The van der Waals surface area contributed by atoms with Crippen molar-refractivity contribution in [1.29, 1.82) is 0 Å². The number of carboxylic acid groups (broad SMARTS) is 1. The molecule has 1 atom stereocenters. The fourth-order valence-electron chi connectivity index (χ4n) is 1.04. The first-order valence-electron chi connectivity index (χ1n) is 4.03. The Morgan fingerprint density at radius 1 is 1.69 bits per heavy atom. The summed E-state index contributed by atoms with van der Waals surface area (Å²) in [6, 6.07) is -1.32. The molecule has 10 heteroatoms. The van der Waals surface area contributed by atoms with E-state index in [1.165, 1.54) is 35.4 Å². The zero-order valence-electron chi connectivity index (χ0n) is 7.82. The van der Waals surface area contributed by atoms with Gasteiger partial charge in [-0.25, -0.2) is 9.55 Å². The molecule has 0 saturated carbocycles. The van der Waals surface area contributed by atoms with Crippen LogP contribution in [0.3, 0.4) is 0 Å². The Morgan fingerprint density at radius 2 is 2.31 bits per heavy atom. The molecule has 8 nitrogen and oxygen atoms in total. The maximum Gasteiger partial charge on any atom is 0.412 e. The molecule has 0 unspecified atom stereocenters. The van der Waals surface area contributed by atoms with Gasteiger partial charge >= 0.3 is 13.7 Å². The lowest BCUT2D eigenvalue weighted by Gasteiger charge is -2.22. The highest BCUT2D eigenvalue weighted by Gasteiger charge is 2.35. The highest BCUT2D eigenvalue weighted by Crippen LogP contribution is 2.45. The van der Waals surface area contributed by atoms with Crippen LogP contribution in [0.4, 0.5) is 0 Å². The molecule has 0 saturated heterocycles. The lowest BCUT2D eigenvalue weighted by atomic mass is 10.2. The van der Waals surface area contributed by atoms with Crippen molar-refractivity contribution in [1.82, 2.24) is 12.9 Å². The number of aromatic nitrogens is 2. The summed E-state index contributed by atoms with van der Waals surface area (Å²) >= 11 is 1.31. The van der Waals surface area contributed by atoms with Gasteiger partial charge in [0.2, 0.25) is 0 Å². The maximum atomic E-state index is 10.9. The zero-order chi connectivity index (χ0) is 12.3. The Kier molecular flexibility index (Phi) is 4.44. The molecule has 16 heavy (non-hydrogen) atoms. The normalized spacial score (nSPS) is 14.0. The van der Waals surface area contributed by atoms with Crippen molar-refractivity contribution < 1.29 is 24.3 Å². The topological polar surface area (TPSA) is 127 Å².